The van der Waals surface area contributed by atoms with Crippen molar-refractivity contribution in [3.8, 4) is 6.07 Å². The molecule has 6 aromatic heterocycles. The van der Waals surface area contributed by atoms with Crippen molar-refractivity contribution in [1.82, 2.24) is 38.7 Å². The van der Waals surface area contributed by atoms with E-state index in [0.717, 1.165) is 136 Å². The Morgan fingerprint density at radius 2 is 1.49 bits per heavy atom. The van der Waals surface area contributed by atoms with E-state index < -0.39 is 9.84 Å². The van der Waals surface area contributed by atoms with Crippen LogP contribution in [0.2, 0.25) is 0 Å². The number of nitrogens with zero attached hydrogens (tertiary/aromatic N) is 12. The van der Waals surface area contributed by atoms with Gasteiger partial charge in [0, 0.05) is 138 Å². The number of hydrogen-bond acceptors (Lipinski definition) is 12. The molecule has 0 spiro atoms. The lowest BCUT2D eigenvalue weighted by atomic mass is 9.87. The fraction of sp³-hybridized carbons (Fsp3) is 0.396. The maximum atomic E-state index is 11.9. The fourth-order valence-corrected chi connectivity index (χ4v) is 10.4. The minimum Gasteiger partial charge on any atom is -0.368 e. The maximum Gasteiger partial charge on any atom is 0.222 e. The molecule has 1 amide bonds. The van der Waals surface area contributed by atoms with Crippen molar-refractivity contribution in [2.24, 2.45) is 0 Å². The van der Waals surface area contributed by atoms with Crippen LogP contribution >= 0.6 is 0 Å². The summed E-state index contributed by atoms with van der Waals surface area (Å²) in [5, 5.41) is 15.0. The number of benzene rings is 1. The topological polar surface area (TPSA) is 156 Å². The summed E-state index contributed by atoms with van der Waals surface area (Å²) in [5.74, 6) is 3.41. The molecule has 9 heterocycles. The Morgan fingerprint density at radius 3 is 2.20 bits per heavy atom. The summed E-state index contributed by atoms with van der Waals surface area (Å²) in [6, 6.07) is 27.1. The van der Waals surface area contributed by atoms with Crippen molar-refractivity contribution in [3.05, 3.63) is 103 Å². The van der Waals surface area contributed by atoms with Gasteiger partial charge in [-0.25, -0.2) is 23.4 Å². The van der Waals surface area contributed by atoms with Crippen LogP contribution < -0.4 is 24.9 Å². The Labute approximate surface area is 379 Å². The number of aromatic nitrogens is 6. The van der Waals surface area contributed by atoms with Gasteiger partial charge in [-0.1, -0.05) is 12.1 Å². The number of fused-ring (bicyclic) bond motifs is 3. The monoisotopic (exact) mass is 893 g/mol. The summed E-state index contributed by atoms with van der Waals surface area (Å²) >= 11 is 0. The van der Waals surface area contributed by atoms with Crippen LogP contribution in [-0.4, -0.2) is 133 Å². The van der Waals surface area contributed by atoms with Crippen molar-refractivity contribution < 1.29 is 13.2 Å². The van der Waals surface area contributed by atoms with Crippen molar-refractivity contribution in [2.75, 3.05) is 98.4 Å². The fourth-order valence-electron chi connectivity index (χ4n) is 9.74. The predicted octanol–water partition coefficient (Wildman–Crippen LogP) is 5.19. The lowest BCUT2D eigenvalue weighted by molar-refractivity contribution is -0.127. The van der Waals surface area contributed by atoms with Gasteiger partial charge in [-0.15, -0.1) is 0 Å². The Morgan fingerprint density at radius 1 is 0.785 bits per heavy atom. The minimum atomic E-state index is -3.23. The second-order valence-corrected chi connectivity index (χ2v) is 19.6. The number of rotatable bonds is 10. The van der Waals surface area contributed by atoms with Gasteiger partial charge in [0.05, 0.1) is 10.5 Å². The Hall–Kier alpha value is -6.64. The van der Waals surface area contributed by atoms with Crippen molar-refractivity contribution >= 4 is 66.6 Å². The van der Waals surface area contributed by atoms with Crippen LogP contribution in [0.3, 0.4) is 0 Å². The third-order valence-electron chi connectivity index (χ3n) is 13.6. The molecule has 0 atom stereocenters. The van der Waals surface area contributed by atoms with Crippen LogP contribution in [0.25, 0.3) is 27.7 Å². The lowest BCUT2D eigenvalue weighted by Gasteiger charge is -2.37. The first-order valence-electron chi connectivity index (χ1n) is 22.7. The average Bonchev–Trinajstić information content (AvgIpc) is 4.14. The summed E-state index contributed by atoms with van der Waals surface area (Å²) in [4.78, 5) is 37.9. The van der Waals surface area contributed by atoms with Gasteiger partial charge < -0.3 is 39.0 Å². The SMILES string of the molecule is CN[C@H]1C[C@H](n2cc(C#N)c3ccc(N4CCN(c5cccc(S(C)(=O)=O)c5)CC4)nc32)C1.O=C1CCCN1CCn1ccc2ccc(N3CCN(c4cccc5nccn45)CC3)nc21. The number of amides is 1. The van der Waals surface area contributed by atoms with E-state index in [-0.39, 0.29) is 5.91 Å². The molecule has 1 saturated carbocycles. The third-order valence-corrected chi connectivity index (χ3v) is 14.7. The number of imidazole rings is 1. The van der Waals surface area contributed by atoms with Gasteiger partial charge in [0.1, 0.15) is 40.5 Å². The first kappa shape index (κ1) is 42.3. The molecule has 3 aliphatic heterocycles. The molecule has 1 aromatic carbocycles. The summed E-state index contributed by atoms with van der Waals surface area (Å²) in [6.45, 7) is 9.30. The minimum absolute atomic E-state index is 0.277. The van der Waals surface area contributed by atoms with Gasteiger partial charge in [-0.2, -0.15) is 5.26 Å². The van der Waals surface area contributed by atoms with E-state index in [4.69, 9.17) is 9.97 Å². The van der Waals surface area contributed by atoms with Crippen LogP contribution in [0.4, 0.5) is 23.1 Å². The summed E-state index contributed by atoms with van der Waals surface area (Å²) in [6.07, 6.45) is 12.9. The number of nitrogens with one attached hydrogen (secondary N) is 1. The lowest BCUT2D eigenvalue weighted by Crippen LogP contribution is -2.47. The van der Waals surface area contributed by atoms with Crippen LogP contribution in [0.15, 0.2) is 102 Å². The largest absolute Gasteiger partial charge is 0.368 e. The molecular formula is C48H55N13O3S. The van der Waals surface area contributed by atoms with E-state index in [2.05, 4.69) is 86.0 Å². The summed E-state index contributed by atoms with van der Waals surface area (Å²) in [7, 11) is -1.24. The van der Waals surface area contributed by atoms with E-state index in [1.54, 1.807) is 18.2 Å². The summed E-state index contributed by atoms with van der Waals surface area (Å²) in [5.41, 5.74) is 4.46. The van der Waals surface area contributed by atoms with Crippen LogP contribution in [-0.2, 0) is 21.2 Å². The predicted molar refractivity (Wildman–Crippen MR) is 255 cm³/mol. The van der Waals surface area contributed by atoms with E-state index in [1.807, 2.05) is 54.8 Å². The smallest absolute Gasteiger partial charge is 0.222 e. The van der Waals surface area contributed by atoms with Gasteiger partial charge >= 0.3 is 0 Å². The number of carbonyl (C=O) groups excluding carboxylic acids is 1. The molecule has 4 aliphatic rings. The summed E-state index contributed by atoms with van der Waals surface area (Å²) < 4.78 is 30.3. The molecule has 0 unspecified atom stereocenters. The van der Waals surface area contributed by atoms with E-state index in [0.29, 0.717) is 29.0 Å². The molecule has 0 bridgehead atoms. The molecule has 11 rings (SSSR count). The molecule has 1 N–H and O–H groups in total. The molecule has 16 nitrogen and oxygen atoms in total. The van der Waals surface area contributed by atoms with Crippen LogP contribution in [0, 0.1) is 11.3 Å². The normalized spacial score (nSPS) is 19.2. The average molecular weight is 894 g/mol. The number of likely N-dealkylation sites (tertiary alicyclic amines) is 1. The molecule has 336 valence electrons. The Kier molecular flexibility index (Phi) is 11.5. The van der Waals surface area contributed by atoms with Gasteiger partial charge in [0.15, 0.2) is 9.84 Å². The molecular weight excluding hydrogens is 839 g/mol. The second-order valence-electron chi connectivity index (χ2n) is 17.5. The number of hydrogen-bond donors (Lipinski definition) is 1. The highest BCUT2D eigenvalue weighted by atomic mass is 32.2. The van der Waals surface area contributed by atoms with Crippen molar-refractivity contribution in [3.63, 3.8) is 0 Å². The number of carbonyl (C=O) groups is 1. The molecule has 1 aliphatic carbocycles. The van der Waals surface area contributed by atoms with Crippen molar-refractivity contribution in [2.45, 2.75) is 49.2 Å². The number of nitriles is 1. The number of pyridine rings is 3. The maximum absolute atomic E-state index is 11.9. The van der Waals surface area contributed by atoms with Gasteiger partial charge in [-0.05, 0) is 87.0 Å². The van der Waals surface area contributed by atoms with Crippen molar-refractivity contribution in [1.29, 1.82) is 5.26 Å². The Balaban J connectivity index is 0.000000153. The zero-order valence-electron chi connectivity index (χ0n) is 37.0. The van der Waals surface area contributed by atoms with Gasteiger partial charge in [0.25, 0.3) is 0 Å². The van der Waals surface area contributed by atoms with E-state index >= 15 is 0 Å². The first-order valence-corrected chi connectivity index (χ1v) is 24.6. The highest BCUT2D eigenvalue weighted by Crippen LogP contribution is 2.37. The molecule has 65 heavy (non-hydrogen) atoms. The molecule has 3 saturated heterocycles. The van der Waals surface area contributed by atoms with E-state index in [9.17, 15) is 18.5 Å². The molecule has 17 heteroatoms. The third kappa shape index (κ3) is 8.55. The quantitative estimate of drug-likeness (QED) is 0.192. The van der Waals surface area contributed by atoms with E-state index in [1.165, 1.54) is 12.1 Å². The molecule has 0 radical (unpaired) electrons. The molecule has 4 fully saturated rings. The Bertz CT molecular complexity index is 3000. The highest BCUT2D eigenvalue weighted by molar-refractivity contribution is 7.90. The second kappa shape index (κ2) is 17.7. The van der Waals surface area contributed by atoms with Crippen LogP contribution in [0.5, 0.6) is 0 Å². The zero-order chi connectivity index (χ0) is 44.7. The highest BCUT2D eigenvalue weighted by Gasteiger charge is 2.31. The van der Waals surface area contributed by atoms with Gasteiger partial charge in [0.2, 0.25) is 5.91 Å². The number of sulfone groups is 1. The first-order chi connectivity index (χ1) is 31.6. The van der Waals surface area contributed by atoms with Crippen LogP contribution in [0.1, 0.15) is 37.3 Å². The number of anilines is 4. The number of piperazine rings is 2. The molecule has 7 aromatic rings. The standard InChI is InChI=1S/C24H27N7O.C24H28N6O2S/c32-23-5-2-10-29(23)17-18-30-11-8-19-6-7-21(26-24(19)30)27-13-15-28(16-14-27)22-4-1-3-20-25-9-12-31(20)22;1-26-18-12-20(13-18)30-16-17(15-25)22-6-7-23(27-24(22)30)29-10-8-28(9-11-29)19-4-3-5-21(14-19)33(2,31)32/h1,3-4,6-9,11-12H,2,5,10,13-18H2;3-7,14,16,18,20,26H,8-13H2,1-2H3/t;18-,20-. The zero-order valence-corrected chi connectivity index (χ0v) is 37.8. The van der Waals surface area contributed by atoms with Gasteiger partial charge in [-0.3, -0.25) is 9.20 Å².